The van der Waals surface area contributed by atoms with Crippen molar-refractivity contribution in [2.45, 2.75) is 39.7 Å². The number of urea groups is 1. The molecule has 168 valence electrons. The average Bonchev–Trinajstić information content (AvgIpc) is 3.40. The van der Waals surface area contributed by atoms with Crippen molar-refractivity contribution in [2.75, 3.05) is 23.8 Å². The minimum atomic E-state index is -0.371. The molecule has 4 rings (SSSR count). The fourth-order valence-corrected chi connectivity index (χ4v) is 4.25. The maximum atomic E-state index is 12.7. The number of unbranched alkanes of at least 4 members (excludes halogenated alkanes) is 1. The molecule has 0 fully saturated rings. The van der Waals surface area contributed by atoms with Crippen molar-refractivity contribution < 1.29 is 18.8 Å². The Morgan fingerprint density at radius 2 is 2.06 bits per heavy atom. The van der Waals surface area contributed by atoms with Gasteiger partial charge in [0, 0.05) is 29.6 Å². The molecule has 32 heavy (non-hydrogen) atoms. The van der Waals surface area contributed by atoms with Crippen LogP contribution in [0.4, 0.5) is 15.6 Å². The van der Waals surface area contributed by atoms with E-state index < -0.39 is 0 Å². The quantitative estimate of drug-likeness (QED) is 0.509. The van der Waals surface area contributed by atoms with Gasteiger partial charge in [0.05, 0.1) is 18.8 Å². The molecule has 0 aliphatic carbocycles. The minimum Gasteiger partial charge on any atom is -0.494 e. The van der Waals surface area contributed by atoms with E-state index in [2.05, 4.69) is 27.7 Å². The van der Waals surface area contributed by atoms with Crippen molar-refractivity contribution in [1.29, 1.82) is 0 Å². The molecule has 0 bridgehead atoms. The van der Waals surface area contributed by atoms with E-state index in [-0.39, 0.29) is 17.6 Å². The molecule has 9 nitrogen and oxygen atoms in total. The summed E-state index contributed by atoms with van der Waals surface area (Å²) in [6.07, 6.45) is 2.72. The fourth-order valence-electron chi connectivity index (χ4n) is 3.23. The third-order valence-corrected chi connectivity index (χ3v) is 5.97. The summed E-state index contributed by atoms with van der Waals surface area (Å²) in [6.45, 7) is 5.52. The van der Waals surface area contributed by atoms with E-state index in [1.54, 1.807) is 17.9 Å². The third kappa shape index (κ3) is 5.25. The zero-order valence-corrected chi connectivity index (χ0v) is 18.8. The average molecular weight is 456 g/mol. The van der Waals surface area contributed by atoms with Crippen LogP contribution in [0.3, 0.4) is 0 Å². The molecule has 1 aliphatic heterocycles. The zero-order chi connectivity index (χ0) is 22.5. The fraction of sp³-hybridized carbons (Fsp3) is 0.364. The van der Waals surface area contributed by atoms with Crippen LogP contribution < -0.4 is 15.4 Å². The molecule has 0 saturated heterocycles. The van der Waals surface area contributed by atoms with Crippen molar-refractivity contribution in [2.24, 2.45) is 0 Å². The van der Waals surface area contributed by atoms with E-state index in [9.17, 15) is 9.59 Å². The van der Waals surface area contributed by atoms with Crippen molar-refractivity contribution in [3.05, 3.63) is 52.4 Å². The van der Waals surface area contributed by atoms with Gasteiger partial charge in [0.25, 0.3) is 5.91 Å². The maximum absolute atomic E-state index is 12.7. The minimum absolute atomic E-state index is 0.174. The van der Waals surface area contributed by atoms with Crippen LogP contribution in [0.25, 0.3) is 0 Å². The molecule has 1 aliphatic rings. The lowest BCUT2D eigenvalue weighted by molar-refractivity contribution is 0.101. The highest BCUT2D eigenvalue weighted by atomic mass is 32.1. The van der Waals surface area contributed by atoms with Gasteiger partial charge in [-0.3, -0.25) is 10.1 Å². The number of amides is 3. The summed E-state index contributed by atoms with van der Waals surface area (Å²) in [4.78, 5) is 32.2. The normalized spacial score (nSPS) is 12.9. The molecular formula is C22H25N5O4S. The number of benzene rings is 1. The molecule has 0 saturated carbocycles. The Balaban J connectivity index is 1.32. The predicted octanol–water partition coefficient (Wildman–Crippen LogP) is 4.46. The standard InChI is InChI=1S/C22H25N5O4S/c1-3-4-11-30-16-7-5-15(6-8-16)23-22(29)27-10-9-17-19(13-27)32-21(24-17)25-20(28)18-12-14(2)31-26-18/h5-8,12H,3-4,9-11,13H2,1-2H3,(H,23,29)(H,24,25,28). The number of ether oxygens (including phenoxy) is 1. The van der Waals surface area contributed by atoms with Crippen molar-refractivity contribution in [3.63, 3.8) is 0 Å². The number of fused-ring (bicyclic) bond motifs is 1. The summed E-state index contributed by atoms with van der Waals surface area (Å²) >= 11 is 1.36. The Hall–Kier alpha value is -3.40. The first-order chi connectivity index (χ1) is 15.5. The number of anilines is 2. The van der Waals surface area contributed by atoms with E-state index in [1.165, 1.54) is 11.3 Å². The van der Waals surface area contributed by atoms with Crippen LogP contribution in [0.2, 0.25) is 0 Å². The van der Waals surface area contributed by atoms with Crippen LogP contribution in [-0.4, -0.2) is 40.1 Å². The van der Waals surface area contributed by atoms with E-state index in [4.69, 9.17) is 9.26 Å². The van der Waals surface area contributed by atoms with Crippen molar-refractivity contribution in [3.8, 4) is 5.75 Å². The topological polar surface area (TPSA) is 110 Å². The maximum Gasteiger partial charge on any atom is 0.322 e. The highest BCUT2D eigenvalue weighted by Crippen LogP contribution is 2.29. The van der Waals surface area contributed by atoms with E-state index in [0.717, 1.165) is 29.2 Å². The van der Waals surface area contributed by atoms with Gasteiger partial charge in [0.15, 0.2) is 10.8 Å². The zero-order valence-electron chi connectivity index (χ0n) is 18.0. The van der Waals surface area contributed by atoms with Gasteiger partial charge >= 0.3 is 6.03 Å². The monoisotopic (exact) mass is 455 g/mol. The Morgan fingerprint density at radius 3 is 2.78 bits per heavy atom. The largest absolute Gasteiger partial charge is 0.494 e. The van der Waals surface area contributed by atoms with E-state index in [0.29, 0.717) is 42.7 Å². The number of rotatable bonds is 7. The Labute approximate surface area is 189 Å². The number of hydrogen-bond acceptors (Lipinski definition) is 7. The Bertz CT molecular complexity index is 1090. The molecule has 0 unspecified atom stereocenters. The number of hydrogen-bond donors (Lipinski definition) is 2. The first-order valence-corrected chi connectivity index (χ1v) is 11.4. The van der Waals surface area contributed by atoms with Gasteiger partial charge in [-0.1, -0.05) is 29.8 Å². The highest BCUT2D eigenvalue weighted by molar-refractivity contribution is 7.15. The van der Waals surface area contributed by atoms with Crippen LogP contribution in [0.5, 0.6) is 5.75 Å². The van der Waals surface area contributed by atoms with Gasteiger partial charge in [-0.05, 0) is 37.6 Å². The second-order valence-electron chi connectivity index (χ2n) is 7.49. The predicted molar refractivity (Wildman–Crippen MR) is 121 cm³/mol. The first-order valence-electron chi connectivity index (χ1n) is 10.5. The van der Waals surface area contributed by atoms with Crippen LogP contribution in [0.1, 0.15) is 46.6 Å². The summed E-state index contributed by atoms with van der Waals surface area (Å²) in [5, 5.41) is 9.88. The summed E-state index contributed by atoms with van der Waals surface area (Å²) in [6, 6.07) is 8.77. The first kappa shape index (κ1) is 21.8. The Kier molecular flexibility index (Phi) is 6.69. The van der Waals surface area contributed by atoms with Gasteiger partial charge in [-0.2, -0.15) is 0 Å². The number of thiazole rings is 1. The van der Waals surface area contributed by atoms with E-state index >= 15 is 0 Å². The number of nitrogens with one attached hydrogen (secondary N) is 2. The number of carbonyl (C=O) groups is 2. The summed E-state index contributed by atoms with van der Waals surface area (Å²) in [7, 11) is 0. The van der Waals surface area contributed by atoms with Gasteiger partial charge < -0.3 is 19.5 Å². The van der Waals surface area contributed by atoms with Gasteiger partial charge in [-0.15, -0.1) is 0 Å². The van der Waals surface area contributed by atoms with Crippen LogP contribution in [-0.2, 0) is 13.0 Å². The molecule has 1 aromatic carbocycles. The molecular weight excluding hydrogens is 430 g/mol. The third-order valence-electron chi connectivity index (χ3n) is 4.97. The van der Waals surface area contributed by atoms with Crippen molar-refractivity contribution in [1.82, 2.24) is 15.0 Å². The smallest absolute Gasteiger partial charge is 0.322 e. The molecule has 0 radical (unpaired) electrons. The van der Waals surface area contributed by atoms with Gasteiger partial charge in [-0.25, -0.2) is 9.78 Å². The molecule has 10 heteroatoms. The number of carbonyl (C=O) groups excluding carboxylic acids is 2. The molecule has 2 N–H and O–H groups in total. The lowest BCUT2D eigenvalue weighted by Gasteiger charge is -2.26. The molecule has 3 heterocycles. The SMILES string of the molecule is CCCCOc1ccc(NC(=O)N2CCc3nc(NC(=O)c4cc(C)on4)sc3C2)cc1. The van der Waals surface area contributed by atoms with Crippen LogP contribution in [0.15, 0.2) is 34.9 Å². The molecule has 3 amide bonds. The molecule has 0 spiro atoms. The van der Waals surface area contributed by atoms with E-state index in [1.807, 2.05) is 24.3 Å². The molecule has 0 atom stereocenters. The van der Waals surface area contributed by atoms with Gasteiger partial charge in [0.2, 0.25) is 0 Å². The van der Waals surface area contributed by atoms with Gasteiger partial charge in [0.1, 0.15) is 11.5 Å². The highest BCUT2D eigenvalue weighted by Gasteiger charge is 2.25. The summed E-state index contributed by atoms with van der Waals surface area (Å²) < 4.78 is 10.6. The summed E-state index contributed by atoms with van der Waals surface area (Å²) in [5.74, 6) is 0.984. The van der Waals surface area contributed by atoms with Crippen molar-refractivity contribution >= 4 is 34.1 Å². The lowest BCUT2D eigenvalue weighted by Crippen LogP contribution is -2.38. The lowest BCUT2D eigenvalue weighted by atomic mass is 10.2. The molecule has 3 aromatic rings. The van der Waals surface area contributed by atoms with Crippen LogP contribution >= 0.6 is 11.3 Å². The second kappa shape index (κ2) is 9.82. The Morgan fingerprint density at radius 1 is 1.25 bits per heavy atom. The number of aryl methyl sites for hydroxylation is 1. The summed E-state index contributed by atoms with van der Waals surface area (Å²) in [5.41, 5.74) is 1.82. The second-order valence-corrected chi connectivity index (χ2v) is 8.58. The number of nitrogens with zero attached hydrogens (tertiary/aromatic N) is 3. The van der Waals surface area contributed by atoms with Crippen LogP contribution in [0, 0.1) is 6.92 Å². The number of aromatic nitrogens is 2. The molecule has 2 aromatic heterocycles.